The highest BCUT2D eigenvalue weighted by Crippen LogP contribution is 2.39. The Balaban J connectivity index is 1.59. The molecule has 1 aromatic heterocycles. The molecule has 5 rings (SSSR count). The summed E-state index contributed by atoms with van der Waals surface area (Å²) in [7, 11) is 0. The molecule has 1 unspecified atom stereocenters. The normalized spacial score (nSPS) is 15.1. The molecule has 1 aliphatic rings. The summed E-state index contributed by atoms with van der Waals surface area (Å²) in [6, 6.07) is 27.9. The molecule has 0 saturated heterocycles. The minimum Gasteiger partial charge on any atom is -0.487 e. The van der Waals surface area contributed by atoms with Gasteiger partial charge in [-0.05, 0) is 57.4 Å². The Kier molecular flexibility index (Phi) is 6.58. The van der Waals surface area contributed by atoms with Gasteiger partial charge in [-0.25, -0.2) is 4.57 Å². The van der Waals surface area contributed by atoms with Gasteiger partial charge < -0.3 is 9.47 Å². The molecule has 3 aromatic carbocycles. The first-order chi connectivity index (χ1) is 17.0. The highest BCUT2D eigenvalue weighted by Gasteiger charge is 2.39. The third-order valence-electron chi connectivity index (χ3n) is 6.39. The highest BCUT2D eigenvalue weighted by molar-refractivity contribution is 5.56. The van der Waals surface area contributed by atoms with E-state index < -0.39 is 0 Å². The van der Waals surface area contributed by atoms with E-state index in [2.05, 4.69) is 71.6 Å². The largest absolute Gasteiger partial charge is 0.487 e. The Morgan fingerprint density at radius 3 is 1.83 bits per heavy atom. The van der Waals surface area contributed by atoms with Crippen molar-refractivity contribution in [2.45, 2.75) is 64.7 Å². The minimum atomic E-state index is 0.0476. The Morgan fingerprint density at radius 1 is 0.771 bits per heavy atom. The van der Waals surface area contributed by atoms with Gasteiger partial charge in [-0.15, -0.1) is 0 Å². The molecule has 0 saturated carbocycles. The molecule has 0 spiro atoms. The molecule has 1 atom stereocenters. The molecule has 5 nitrogen and oxygen atoms in total. The van der Waals surface area contributed by atoms with Crippen LogP contribution in [0.3, 0.4) is 0 Å². The van der Waals surface area contributed by atoms with Crippen LogP contribution in [-0.2, 0) is 6.42 Å². The number of nitrogens with zero attached hydrogens (tertiary/aromatic N) is 3. The number of benzene rings is 3. The summed E-state index contributed by atoms with van der Waals surface area (Å²) in [5, 5.41) is 5.04. The zero-order valence-corrected chi connectivity index (χ0v) is 21.0. The number of aryl methyl sites for hydroxylation is 1. The van der Waals surface area contributed by atoms with Crippen molar-refractivity contribution in [3.63, 3.8) is 0 Å². The van der Waals surface area contributed by atoms with Crippen LogP contribution >= 0.6 is 0 Å². The molecule has 180 valence electrons. The van der Waals surface area contributed by atoms with Crippen LogP contribution in [0.4, 0.5) is 0 Å². The lowest BCUT2D eigenvalue weighted by atomic mass is 9.84. The Labute approximate surface area is 208 Å². The van der Waals surface area contributed by atoms with Crippen LogP contribution in [0.1, 0.15) is 63.0 Å². The average molecular weight is 469 g/mol. The third-order valence-corrected chi connectivity index (χ3v) is 6.39. The fourth-order valence-electron chi connectivity index (χ4n) is 5.08. The van der Waals surface area contributed by atoms with Crippen LogP contribution in [0.2, 0.25) is 0 Å². The molecular formula is C30H34N3O2+. The first kappa shape index (κ1) is 23.2. The predicted molar refractivity (Wildman–Crippen MR) is 137 cm³/mol. The summed E-state index contributed by atoms with van der Waals surface area (Å²) in [5.41, 5.74) is 3.50. The van der Waals surface area contributed by atoms with Crippen molar-refractivity contribution in [1.82, 2.24) is 9.78 Å². The van der Waals surface area contributed by atoms with E-state index in [4.69, 9.17) is 14.6 Å². The van der Waals surface area contributed by atoms with Crippen molar-refractivity contribution in [2.24, 2.45) is 0 Å². The topological polar surface area (TPSA) is 40.2 Å². The van der Waals surface area contributed by atoms with Crippen molar-refractivity contribution < 1.29 is 14.0 Å². The van der Waals surface area contributed by atoms with Gasteiger partial charge >= 0.3 is 0 Å². The van der Waals surface area contributed by atoms with Crippen LogP contribution in [0, 0.1) is 0 Å². The standard InChI is InChI=1S/C30H34N3O2/c1-21(2)34-26-16-11-17-27(35-22(3)4)30(26)33-20-32-25(18-19-28(32)31-33)29(23-12-7-5-8-13-23)24-14-9-6-10-15-24/h5-17,20-22,25,29H,18-19H2,1-4H3/q+1. The van der Waals surface area contributed by atoms with Gasteiger partial charge in [0.15, 0.2) is 11.5 Å². The molecule has 35 heavy (non-hydrogen) atoms. The zero-order valence-electron chi connectivity index (χ0n) is 21.0. The van der Waals surface area contributed by atoms with E-state index in [1.54, 1.807) is 0 Å². The van der Waals surface area contributed by atoms with Gasteiger partial charge in [0.2, 0.25) is 12.0 Å². The van der Waals surface area contributed by atoms with Gasteiger partial charge in [-0.3, -0.25) is 0 Å². The summed E-state index contributed by atoms with van der Waals surface area (Å²) >= 11 is 0. The first-order valence-electron chi connectivity index (χ1n) is 12.6. The first-order valence-corrected chi connectivity index (χ1v) is 12.6. The van der Waals surface area contributed by atoms with Crippen molar-refractivity contribution in [3.05, 3.63) is 102 Å². The van der Waals surface area contributed by atoms with Crippen molar-refractivity contribution in [3.8, 4) is 17.2 Å². The van der Waals surface area contributed by atoms with Gasteiger partial charge in [0, 0.05) is 17.4 Å². The molecule has 2 heterocycles. The quantitative estimate of drug-likeness (QED) is 0.295. The van der Waals surface area contributed by atoms with Crippen LogP contribution in [0.5, 0.6) is 11.5 Å². The molecular weight excluding hydrogens is 434 g/mol. The number of hydrogen-bond acceptors (Lipinski definition) is 3. The van der Waals surface area contributed by atoms with Crippen molar-refractivity contribution >= 4 is 0 Å². The molecule has 0 bridgehead atoms. The lowest BCUT2D eigenvalue weighted by Gasteiger charge is -2.23. The van der Waals surface area contributed by atoms with Crippen LogP contribution < -0.4 is 14.0 Å². The fraction of sp³-hybridized carbons (Fsp3) is 0.333. The summed E-state index contributed by atoms with van der Waals surface area (Å²) in [6.45, 7) is 8.16. The van der Waals surface area contributed by atoms with Crippen LogP contribution in [-0.4, -0.2) is 22.0 Å². The highest BCUT2D eigenvalue weighted by atomic mass is 16.5. The Hall–Kier alpha value is -3.60. The van der Waals surface area contributed by atoms with Gasteiger partial charge in [0.25, 0.3) is 5.82 Å². The average Bonchev–Trinajstić information content (AvgIpc) is 3.42. The summed E-state index contributed by atoms with van der Waals surface area (Å²) < 4.78 is 16.7. The van der Waals surface area contributed by atoms with E-state index in [-0.39, 0.29) is 24.2 Å². The predicted octanol–water partition coefficient (Wildman–Crippen LogP) is 6.05. The number of para-hydroxylation sites is 1. The lowest BCUT2D eigenvalue weighted by Crippen LogP contribution is -2.40. The second-order valence-electron chi connectivity index (χ2n) is 9.72. The van der Waals surface area contributed by atoms with E-state index in [0.29, 0.717) is 0 Å². The zero-order chi connectivity index (χ0) is 24.4. The molecule has 1 aliphatic heterocycles. The minimum absolute atomic E-state index is 0.0476. The van der Waals surface area contributed by atoms with E-state index in [9.17, 15) is 0 Å². The molecule has 0 radical (unpaired) electrons. The van der Waals surface area contributed by atoms with Gasteiger partial charge in [-0.2, -0.15) is 0 Å². The van der Waals surface area contributed by atoms with E-state index in [0.717, 1.165) is 35.9 Å². The fourth-order valence-corrected chi connectivity index (χ4v) is 5.08. The maximum absolute atomic E-state index is 6.19. The number of aromatic nitrogens is 3. The lowest BCUT2D eigenvalue weighted by molar-refractivity contribution is -0.718. The second kappa shape index (κ2) is 9.95. The summed E-state index contributed by atoms with van der Waals surface area (Å²) in [6.07, 6.45) is 4.21. The third kappa shape index (κ3) is 4.81. The summed E-state index contributed by atoms with van der Waals surface area (Å²) in [5.74, 6) is 2.88. The van der Waals surface area contributed by atoms with Crippen molar-refractivity contribution in [1.29, 1.82) is 0 Å². The van der Waals surface area contributed by atoms with Crippen LogP contribution in [0.15, 0.2) is 85.2 Å². The smallest absolute Gasteiger partial charge is 0.278 e. The number of hydrogen-bond donors (Lipinski definition) is 0. The second-order valence-corrected chi connectivity index (χ2v) is 9.72. The maximum Gasteiger partial charge on any atom is 0.278 e. The van der Waals surface area contributed by atoms with Gasteiger partial charge in [0.05, 0.1) is 18.2 Å². The van der Waals surface area contributed by atoms with Crippen molar-refractivity contribution in [2.75, 3.05) is 0 Å². The molecule has 0 N–H and O–H groups in total. The van der Waals surface area contributed by atoms with E-state index >= 15 is 0 Å². The molecule has 0 fully saturated rings. The molecule has 4 aromatic rings. The summed E-state index contributed by atoms with van der Waals surface area (Å²) in [4.78, 5) is 0. The number of fused-ring (bicyclic) bond motifs is 1. The molecule has 0 aliphatic carbocycles. The molecule has 0 amide bonds. The Bertz CT molecular complexity index is 1200. The monoisotopic (exact) mass is 468 g/mol. The van der Waals surface area contributed by atoms with Gasteiger partial charge in [-0.1, -0.05) is 71.4 Å². The van der Waals surface area contributed by atoms with Crippen LogP contribution in [0.25, 0.3) is 5.69 Å². The maximum atomic E-state index is 6.19. The SMILES string of the molecule is CC(C)Oc1cccc(OC(C)C)c1-n1c[n+]2c(n1)CCC2C(c1ccccc1)c1ccccc1. The Morgan fingerprint density at radius 2 is 1.31 bits per heavy atom. The number of ether oxygens (including phenoxy) is 2. The van der Waals surface area contributed by atoms with E-state index in [1.165, 1.54) is 11.1 Å². The van der Waals surface area contributed by atoms with Gasteiger partial charge in [0.1, 0.15) is 0 Å². The number of rotatable bonds is 8. The molecule has 5 heteroatoms. The van der Waals surface area contributed by atoms with E-state index in [1.807, 2.05) is 50.6 Å².